The molecule has 0 unspecified atom stereocenters. The van der Waals surface area contributed by atoms with Gasteiger partial charge in [-0.1, -0.05) is 49.9 Å². The summed E-state index contributed by atoms with van der Waals surface area (Å²) in [6, 6.07) is 15.7. The van der Waals surface area contributed by atoms with Gasteiger partial charge in [0.15, 0.2) is 5.69 Å². The number of aromatic nitrogens is 3. The molecule has 0 saturated carbocycles. The fourth-order valence-corrected chi connectivity index (χ4v) is 2.32. The Kier molecular flexibility index (Phi) is 4.18. The third-order valence-electron chi connectivity index (χ3n) is 2.84. The number of H-pyrrole nitrogens is 1. The predicted molar refractivity (Wildman–Crippen MR) is 89.6 cm³/mol. The van der Waals surface area contributed by atoms with Crippen molar-refractivity contribution in [3.05, 3.63) is 68.7 Å². The molecule has 1 heterocycles. The second kappa shape index (κ2) is 6.25. The highest BCUT2D eigenvalue weighted by Crippen LogP contribution is 2.21. The zero-order chi connectivity index (χ0) is 14.7. The molecule has 3 nitrogen and oxygen atoms in total. The molecule has 0 fully saturated rings. The smallest absolute Gasteiger partial charge is 0.163 e. The SMILES string of the molecule is Brc1ccc(C#Cc2n[nH]nc2-c2ccc(Br)cc2)cc1. The summed E-state index contributed by atoms with van der Waals surface area (Å²) in [5.41, 5.74) is 3.31. The Morgan fingerprint density at radius 3 is 2.05 bits per heavy atom. The highest BCUT2D eigenvalue weighted by molar-refractivity contribution is 9.10. The van der Waals surface area contributed by atoms with Crippen LogP contribution in [0, 0.1) is 11.8 Å². The molecule has 2 aromatic carbocycles. The molecule has 0 atom stereocenters. The van der Waals surface area contributed by atoms with Gasteiger partial charge in [0.05, 0.1) is 0 Å². The van der Waals surface area contributed by atoms with E-state index in [9.17, 15) is 0 Å². The third-order valence-corrected chi connectivity index (χ3v) is 3.89. The molecule has 1 aromatic heterocycles. The average Bonchev–Trinajstić information content (AvgIpc) is 2.96. The lowest BCUT2D eigenvalue weighted by atomic mass is 10.1. The Morgan fingerprint density at radius 2 is 1.38 bits per heavy atom. The highest BCUT2D eigenvalue weighted by Gasteiger charge is 2.07. The van der Waals surface area contributed by atoms with Crippen LogP contribution < -0.4 is 0 Å². The van der Waals surface area contributed by atoms with E-state index >= 15 is 0 Å². The van der Waals surface area contributed by atoms with Crippen LogP contribution in [0.25, 0.3) is 11.3 Å². The summed E-state index contributed by atoms with van der Waals surface area (Å²) in [6.45, 7) is 0. The van der Waals surface area contributed by atoms with Crippen LogP contribution in [0.4, 0.5) is 0 Å². The Hall–Kier alpha value is -1.90. The van der Waals surface area contributed by atoms with Crippen LogP contribution in [0.15, 0.2) is 57.5 Å². The zero-order valence-corrected chi connectivity index (χ0v) is 13.9. The molecule has 0 aliphatic heterocycles. The van der Waals surface area contributed by atoms with Crippen molar-refractivity contribution in [2.75, 3.05) is 0 Å². The molecule has 0 spiro atoms. The first-order valence-corrected chi connectivity index (χ1v) is 7.75. The van der Waals surface area contributed by atoms with E-state index in [0.717, 1.165) is 25.8 Å². The van der Waals surface area contributed by atoms with Crippen LogP contribution in [0.5, 0.6) is 0 Å². The van der Waals surface area contributed by atoms with Gasteiger partial charge in [0.25, 0.3) is 0 Å². The molecular formula is C16H9Br2N3. The van der Waals surface area contributed by atoms with Crippen LogP contribution in [-0.2, 0) is 0 Å². The standard InChI is InChI=1S/C16H9Br2N3/c17-13-6-1-11(2-7-13)3-10-15-16(20-21-19-15)12-4-8-14(18)9-5-12/h1-2,4-9H,(H,19,20,21). The van der Waals surface area contributed by atoms with Gasteiger partial charge in [0.2, 0.25) is 0 Å². The lowest BCUT2D eigenvalue weighted by molar-refractivity contribution is 0.938. The lowest BCUT2D eigenvalue weighted by Gasteiger charge is -1.96. The molecule has 3 rings (SSSR count). The van der Waals surface area contributed by atoms with Gasteiger partial charge in [-0.2, -0.15) is 10.3 Å². The number of nitrogens with zero attached hydrogens (tertiary/aromatic N) is 2. The first kappa shape index (κ1) is 14.1. The monoisotopic (exact) mass is 401 g/mol. The van der Waals surface area contributed by atoms with Crippen molar-refractivity contribution in [2.45, 2.75) is 0 Å². The van der Waals surface area contributed by atoms with Crippen molar-refractivity contribution < 1.29 is 0 Å². The maximum atomic E-state index is 4.18. The molecule has 0 saturated heterocycles. The molecule has 0 amide bonds. The summed E-state index contributed by atoms with van der Waals surface area (Å²) in [5, 5.41) is 10.9. The summed E-state index contributed by atoms with van der Waals surface area (Å²) in [6.07, 6.45) is 0. The molecule has 1 N–H and O–H groups in total. The molecular weight excluding hydrogens is 394 g/mol. The van der Waals surface area contributed by atoms with Crippen LogP contribution in [0.3, 0.4) is 0 Å². The van der Waals surface area contributed by atoms with Gasteiger partial charge < -0.3 is 0 Å². The summed E-state index contributed by atoms with van der Waals surface area (Å²) < 4.78 is 2.06. The van der Waals surface area contributed by atoms with Gasteiger partial charge >= 0.3 is 0 Å². The van der Waals surface area contributed by atoms with Crippen LogP contribution in [0.1, 0.15) is 11.3 Å². The first-order chi connectivity index (χ1) is 10.2. The minimum atomic E-state index is 0.639. The number of hydrogen-bond acceptors (Lipinski definition) is 2. The summed E-state index contributed by atoms with van der Waals surface area (Å²) in [7, 11) is 0. The van der Waals surface area contributed by atoms with Gasteiger partial charge in [0.1, 0.15) is 5.69 Å². The van der Waals surface area contributed by atoms with Crippen molar-refractivity contribution >= 4 is 31.9 Å². The molecule has 0 aliphatic rings. The summed E-state index contributed by atoms with van der Waals surface area (Å²) in [5.74, 6) is 6.15. The summed E-state index contributed by atoms with van der Waals surface area (Å²) in [4.78, 5) is 0. The van der Waals surface area contributed by atoms with Gasteiger partial charge in [-0.05, 0) is 42.3 Å². The van der Waals surface area contributed by atoms with Crippen molar-refractivity contribution in [1.82, 2.24) is 15.4 Å². The number of benzene rings is 2. The molecule has 21 heavy (non-hydrogen) atoms. The Labute approximate surface area is 139 Å². The average molecular weight is 403 g/mol. The van der Waals surface area contributed by atoms with E-state index in [1.165, 1.54) is 0 Å². The van der Waals surface area contributed by atoms with Crippen molar-refractivity contribution in [3.63, 3.8) is 0 Å². The van der Waals surface area contributed by atoms with Gasteiger partial charge in [-0.3, -0.25) is 0 Å². The molecule has 102 valence electrons. The number of halogens is 2. The van der Waals surface area contributed by atoms with Gasteiger partial charge in [-0.25, -0.2) is 0 Å². The van der Waals surface area contributed by atoms with Gasteiger partial charge in [-0.15, -0.1) is 5.10 Å². The van der Waals surface area contributed by atoms with Crippen LogP contribution in [0.2, 0.25) is 0 Å². The lowest BCUT2D eigenvalue weighted by Crippen LogP contribution is -1.83. The molecule has 0 radical (unpaired) electrons. The third kappa shape index (κ3) is 3.41. The molecule has 0 bridgehead atoms. The number of aromatic amines is 1. The van der Waals surface area contributed by atoms with E-state index in [4.69, 9.17) is 0 Å². The van der Waals surface area contributed by atoms with Crippen molar-refractivity contribution in [2.24, 2.45) is 0 Å². The number of rotatable bonds is 1. The zero-order valence-electron chi connectivity index (χ0n) is 10.8. The second-order valence-electron chi connectivity index (χ2n) is 4.28. The van der Waals surface area contributed by atoms with E-state index in [1.54, 1.807) is 0 Å². The normalized spacial score (nSPS) is 10.0. The maximum Gasteiger partial charge on any atom is 0.163 e. The molecule has 5 heteroatoms. The Bertz CT molecular complexity index is 809. The molecule has 0 aliphatic carbocycles. The maximum absolute atomic E-state index is 4.18. The van der Waals surface area contributed by atoms with Gasteiger partial charge in [0, 0.05) is 20.1 Å². The van der Waals surface area contributed by atoms with E-state index in [0.29, 0.717) is 5.69 Å². The fraction of sp³-hybridized carbons (Fsp3) is 0. The van der Waals surface area contributed by atoms with Crippen molar-refractivity contribution in [1.29, 1.82) is 0 Å². The number of nitrogens with one attached hydrogen (secondary N) is 1. The van der Waals surface area contributed by atoms with Crippen LogP contribution in [-0.4, -0.2) is 15.4 Å². The molecule has 3 aromatic rings. The fourth-order valence-electron chi connectivity index (χ4n) is 1.79. The van der Waals surface area contributed by atoms with Crippen LogP contribution >= 0.6 is 31.9 Å². The van der Waals surface area contributed by atoms with E-state index < -0.39 is 0 Å². The van der Waals surface area contributed by atoms with E-state index in [-0.39, 0.29) is 0 Å². The minimum absolute atomic E-state index is 0.639. The Morgan fingerprint density at radius 1 is 0.762 bits per heavy atom. The second-order valence-corrected chi connectivity index (χ2v) is 6.12. The highest BCUT2D eigenvalue weighted by atomic mass is 79.9. The first-order valence-electron chi connectivity index (χ1n) is 6.17. The largest absolute Gasteiger partial charge is 0.196 e. The van der Waals surface area contributed by atoms with E-state index in [2.05, 4.69) is 59.1 Å². The topological polar surface area (TPSA) is 41.6 Å². The van der Waals surface area contributed by atoms with E-state index in [1.807, 2.05) is 48.5 Å². The van der Waals surface area contributed by atoms with Crippen molar-refractivity contribution in [3.8, 4) is 23.1 Å². The minimum Gasteiger partial charge on any atom is -0.196 e. The summed E-state index contributed by atoms with van der Waals surface area (Å²) >= 11 is 6.82. The quantitative estimate of drug-likeness (QED) is 0.613. The Balaban J connectivity index is 1.93. The predicted octanol–water partition coefficient (Wildman–Crippen LogP) is 4.40. The number of hydrogen-bond donors (Lipinski definition) is 1.